The molecule has 2 aromatic rings. The molecule has 4 rings (SSSR count). The first kappa shape index (κ1) is 18.7. The van der Waals surface area contributed by atoms with Gasteiger partial charge in [0.15, 0.2) is 11.6 Å². The Kier molecular flexibility index (Phi) is 5.17. The molecule has 9 nitrogen and oxygen atoms in total. The Balaban J connectivity index is 1.65. The summed E-state index contributed by atoms with van der Waals surface area (Å²) in [5, 5.41) is 0. The monoisotopic (exact) mass is 386 g/mol. The summed E-state index contributed by atoms with van der Waals surface area (Å²) in [7, 11) is 3.57. The van der Waals surface area contributed by atoms with Crippen LogP contribution in [0.15, 0.2) is 18.9 Å². The van der Waals surface area contributed by atoms with Crippen molar-refractivity contribution in [3.63, 3.8) is 0 Å². The van der Waals surface area contributed by atoms with E-state index in [1.54, 1.807) is 19.8 Å². The topological polar surface area (TPSA) is 85.6 Å². The summed E-state index contributed by atoms with van der Waals surface area (Å²) in [6.07, 6.45) is 5.32. The van der Waals surface area contributed by atoms with E-state index in [1.165, 1.54) is 0 Å². The van der Waals surface area contributed by atoms with Gasteiger partial charge in [-0.1, -0.05) is 0 Å². The molecule has 0 aromatic carbocycles. The summed E-state index contributed by atoms with van der Waals surface area (Å²) in [5.41, 5.74) is 1.71. The molecule has 2 saturated heterocycles. The SMILES string of the molecule is COc1c(C)ncnc1N1C[C@@H](C(=O)N2CCOCC2)[C@H](c2cn(C)cn2)C1. The van der Waals surface area contributed by atoms with Crippen LogP contribution in [0.2, 0.25) is 0 Å². The average molecular weight is 386 g/mol. The molecule has 2 aliphatic rings. The molecule has 2 aliphatic heterocycles. The first-order valence-electron chi connectivity index (χ1n) is 9.53. The van der Waals surface area contributed by atoms with Crippen molar-refractivity contribution in [3.8, 4) is 5.75 Å². The van der Waals surface area contributed by atoms with Crippen LogP contribution in [0.5, 0.6) is 5.75 Å². The van der Waals surface area contributed by atoms with Crippen molar-refractivity contribution in [1.29, 1.82) is 0 Å². The van der Waals surface area contributed by atoms with Gasteiger partial charge in [0, 0.05) is 45.3 Å². The lowest BCUT2D eigenvalue weighted by molar-refractivity contribution is -0.139. The van der Waals surface area contributed by atoms with Crippen molar-refractivity contribution in [2.24, 2.45) is 13.0 Å². The number of hydrogen-bond acceptors (Lipinski definition) is 7. The molecule has 4 heterocycles. The van der Waals surface area contributed by atoms with E-state index in [0.29, 0.717) is 45.1 Å². The Morgan fingerprint density at radius 1 is 1.21 bits per heavy atom. The van der Waals surface area contributed by atoms with Gasteiger partial charge in [-0.15, -0.1) is 0 Å². The number of morpholine rings is 1. The third-order valence-corrected chi connectivity index (χ3v) is 5.53. The highest BCUT2D eigenvalue weighted by Crippen LogP contribution is 2.38. The average Bonchev–Trinajstić information content (AvgIpc) is 3.34. The van der Waals surface area contributed by atoms with Crippen LogP contribution in [0, 0.1) is 12.8 Å². The fourth-order valence-corrected chi connectivity index (χ4v) is 4.08. The number of hydrogen-bond donors (Lipinski definition) is 0. The molecule has 1 amide bonds. The Morgan fingerprint density at radius 3 is 2.68 bits per heavy atom. The molecule has 0 saturated carbocycles. The van der Waals surface area contributed by atoms with Crippen molar-refractivity contribution in [2.45, 2.75) is 12.8 Å². The summed E-state index contributed by atoms with van der Waals surface area (Å²) in [6, 6.07) is 0. The lowest BCUT2D eigenvalue weighted by Crippen LogP contribution is -2.45. The van der Waals surface area contributed by atoms with Crippen LogP contribution in [0.3, 0.4) is 0 Å². The van der Waals surface area contributed by atoms with E-state index in [4.69, 9.17) is 9.47 Å². The van der Waals surface area contributed by atoms with E-state index in [-0.39, 0.29) is 17.7 Å². The van der Waals surface area contributed by atoms with Crippen LogP contribution in [-0.4, -0.2) is 76.8 Å². The quantitative estimate of drug-likeness (QED) is 0.761. The highest BCUT2D eigenvalue weighted by Gasteiger charge is 2.43. The van der Waals surface area contributed by atoms with Gasteiger partial charge < -0.3 is 23.8 Å². The zero-order valence-corrected chi connectivity index (χ0v) is 16.5. The highest BCUT2D eigenvalue weighted by atomic mass is 16.5. The number of ether oxygens (including phenoxy) is 2. The third kappa shape index (κ3) is 3.42. The predicted molar refractivity (Wildman–Crippen MR) is 102 cm³/mol. The first-order chi connectivity index (χ1) is 13.6. The molecule has 0 bridgehead atoms. The van der Waals surface area contributed by atoms with Gasteiger partial charge in [0.1, 0.15) is 6.33 Å². The maximum absolute atomic E-state index is 13.3. The number of carbonyl (C=O) groups is 1. The van der Waals surface area contributed by atoms with Crippen LogP contribution in [0.25, 0.3) is 0 Å². The van der Waals surface area contributed by atoms with Gasteiger partial charge in [-0.2, -0.15) is 0 Å². The van der Waals surface area contributed by atoms with Crippen molar-refractivity contribution in [2.75, 3.05) is 51.4 Å². The van der Waals surface area contributed by atoms with Crippen molar-refractivity contribution in [1.82, 2.24) is 24.4 Å². The molecule has 0 spiro atoms. The Labute approximate surface area is 164 Å². The molecule has 150 valence electrons. The van der Waals surface area contributed by atoms with Crippen molar-refractivity contribution < 1.29 is 14.3 Å². The molecule has 0 unspecified atom stereocenters. The minimum Gasteiger partial charge on any atom is -0.491 e. The molecule has 28 heavy (non-hydrogen) atoms. The minimum atomic E-state index is -0.187. The summed E-state index contributed by atoms with van der Waals surface area (Å²) in [6.45, 7) is 5.59. The predicted octanol–water partition coefficient (Wildman–Crippen LogP) is 0.606. The molecular formula is C19H26N6O3. The van der Waals surface area contributed by atoms with Crippen molar-refractivity contribution >= 4 is 11.7 Å². The molecule has 0 N–H and O–H groups in total. The number of nitrogens with zero attached hydrogens (tertiary/aromatic N) is 6. The smallest absolute Gasteiger partial charge is 0.228 e. The molecule has 2 fully saturated rings. The molecule has 0 aliphatic carbocycles. The lowest BCUT2D eigenvalue weighted by Gasteiger charge is -2.30. The summed E-state index contributed by atoms with van der Waals surface area (Å²) < 4.78 is 12.9. The Hall–Kier alpha value is -2.68. The van der Waals surface area contributed by atoms with Crippen LogP contribution in [0.1, 0.15) is 17.3 Å². The zero-order chi connectivity index (χ0) is 19.7. The molecular weight excluding hydrogens is 360 g/mol. The van der Waals surface area contributed by atoms with E-state index >= 15 is 0 Å². The van der Waals surface area contributed by atoms with Gasteiger partial charge in [-0.25, -0.2) is 15.0 Å². The number of rotatable bonds is 4. The van der Waals surface area contributed by atoms with Crippen molar-refractivity contribution in [3.05, 3.63) is 30.2 Å². The van der Waals surface area contributed by atoms with Crippen LogP contribution in [0.4, 0.5) is 5.82 Å². The normalized spacial score (nSPS) is 22.5. The highest BCUT2D eigenvalue weighted by molar-refractivity contribution is 5.82. The van der Waals surface area contributed by atoms with Gasteiger partial charge in [0.05, 0.1) is 44.0 Å². The largest absolute Gasteiger partial charge is 0.491 e. The van der Waals surface area contributed by atoms with Gasteiger partial charge in [-0.05, 0) is 6.92 Å². The standard InChI is InChI=1S/C19H26N6O3/c1-13-17(27-3)18(21-11-20-13)25-8-14(16-10-23(2)12-22-16)15(9-25)19(26)24-4-6-28-7-5-24/h10-12,14-15H,4-9H2,1-3H3/t14-,15-/m1/s1. The third-order valence-electron chi connectivity index (χ3n) is 5.53. The number of aromatic nitrogens is 4. The fraction of sp³-hybridized carbons (Fsp3) is 0.579. The number of anilines is 1. The summed E-state index contributed by atoms with van der Waals surface area (Å²) in [4.78, 5) is 30.6. The number of amides is 1. The van der Waals surface area contributed by atoms with Gasteiger partial charge >= 0.3 is 0 Å². The lowest BCUT2D eigenvalue weighted by atomic mass is 9.92. The maximum Gasteiger partial charge on any atom is 0.228 e. The van der Waals surface area contributed by atoms with Crippen LogP contribution in [-0.2, 0) is 16.6 Å². The van der Waals surface area contributed by atoms with Gasteiger partial charge in [0.25, 0.3) is 0 Å². The van der Waals surface area contributed by atoms with E-state index in [1.807, 2.05) is 29.6 Å². The number of methoxy groups -OCH3 is 1. The van der Waals surface area contributed by atoms with E-state index in [2.05, 4.69) is 19.9 Å². The first-order valence-corrected chi connectivity index (χ1v) is 9.53. The molecule has 9 heteroatoms. The second-order valence-electron chi connectivity index (χ2n) is 7.34. The Bertz CT molecular complexity index is 848. The van der Waals surface area contributed by atoms with E-state index < -0.39 is 0 Å². The molecule has 0 radical (unpaired) electrons. The zero-order valence-electron chi connectivity index (χ0n) is 16.5. The molecule has 2 aromatic heterocycles. The van der Waals surface area contributed by atoms with Gasteiger partial charge in [0.2, 0.25) is 5.91 Å². The summed E-state index contributed by atoms with van der Waals surface area (Å²) >= 11 is 0. The number of imidazole rings is 1. The van der Waals surface area contributed by atoms with Crippen LogP contribution < -0.4 is 9.64 Å². The van der Waals surface area contributed by atoms with Crippen LogP contribution >= 0.6 is 0 Å². The van der Waals surface area contributed by atoms with E-state index in [9.17, 15) is 4.79 Å². The Morgan fingerprint density at radius 2 is 2.00 bits per heavy atom. The van der Waals surface area contributed by atoms with Gasteiger partial charge in [-0.3, -0.25) is 4.79 Å². The fourth-order valence-electron chi connectivity index (χ4n) is 4.08. The maximum atomic E-state index is 13.3. The molecule has 2 atom stereocenters. The van der Waals surface area contributed by atoms with E-state index in [0.717, 1.165) is 17.2 Å². The number of carbonyl (C=O) groups excluding carboxylic acids is 1. The second kappa shape index (κ2) is 7.75. The number of aryl methyl sites for hydroxylation is 2. The summed E-state index contributed by atoms with van der Waals surface area (Å²) in [5.74, 6) is 1.35. The minimum absolute atomic E-state index is 0.00322. The second-order valence-corrected chi connectivity index (χ2v) is 7.34.